The summed E-state index contributed by atoms with van der Waals surface area (Å²) in [5, 5.41) is 0. The van der Waals surface area contributed by atoms with Gasteiger partial charge in [-0.05, 0) is 113 Å². The molecular formula is C41H46N2. The Balaban J connectivity index is 1.21. The molecule has 43 heavy (non-hydrogen) atoms. The molecule has 0 radical (unpaired) electrons. The van der Waals surface area contributed by atoms with Crippen LogP contribution in [0.3, 0.4) is 0 Å². The second kappa shape index (κ2) is 15.3. The fourth-order valence-corrected chi connectivity index (χ4v) is 5.86. The van der Waals surface area contributed by atoms with Crippen LogP contribution in [-0.2, 0) is 32.1 Å². The Labute approximate surface area is 258 Å². The molecule has 0 saturated carbocycles. The highest BCUT2D eigenvalue weighted by atomic mass is 14.5. The minimum atomic E-state index is 0.811. The van der Waals surface area contributed by atoms with Crippen molar-refractivity contribution in [2.24, 2.45) is 0 Å². The Bertz CT molecular complexity index is 1550. The lowest BCUT2D eigenvalue weighted by molar-refractivity contribution is 0.631. The summed E-state index contributed by atoms with van der Waals surface area (Å²) in [4.78, 5) is 0. The Morgan fingerprint density at radius 3 is 1.21 bits per heavy atom. The van der Waals surface area contributed by atoms with Crippen molar-refractivity contribution in [1.29, 1.82) is 0 Å². The molecule has 0 heterocycles. The highest BCUT2D eigenvalue weighted by molar-refractivity contribution is 5.44. The van der Waals surface area contributed by atoms with Crippen molar-refractivity contribution in [2.75, 3.05) is 11.5 Å². The minimum absolute atomic E-state index is 0.811. The van der Waals surface area contributed by atoms with Crippen LogP contribution < -0.4 is 11.5 Å². The number of nitrogens with two attached hydrogens (primary N) is 2. The number of hydrogen-bond donors (Lipinski definition) is 2. The zero-order valence-electron chi connectivity index (χ0n) is 25.7. The van der Waals surface area contributed by atoms with Gasteiger partial charge in [0.25, 0.3) is 0 Å². The van der Waals surface area contributed by atoms with E-state index in [1.54, 1.807) is 0 Å². The standard InChI is InChI=1S/C41H46N2/c1-2-3-4-5-6-7-38-30-37(16-21-39(38)29-36-19-24-41(43)25-20-36)28-34-14-12-32(13-15-34)26-31-8-10-33(11-9-31)27-35-17-22-40(42)23-18-35/h8-25,30H,2-7,26-29,42-43H2,1H3. The van der Waals surface area contributed by atoms with Crippen molar-refractivity contribution in [1.82, 2.24) is 0 Å². The van der Waals surface area contributed by atoms with Crippen molar-refractivity contribution in [3.05, 3.63) is 165 Å². The zero-order valence-corrected chi connectivity index (χ0v) is 25.7. The predicted octanol–water partition coefficient (Wildman–Crippen LogP) is 9.73. The fourth-order valence-electron chi connectivity index (χ4n) is 5.86. The molecule has 5 rings (SSSR count). The molecule has 4 N–H and O–H groups in total. The molecule has 0 aliphatic carbocycles. The van der Waals surface area contributed by atoms with Gasteiger partial charge in [-0.25, -0.2) is 0 Å². The SMILES string of the molecule is CCCCCCCc1cc(Cc2ccc(Cc3ccc(Cc4ccc(N)cc4)cc3)cc2)ccc1Cc1ccc(N)cc1. The molecule has 5 aromatic rings. The smallest absolute Gasteiger partial charge is 0.0314 e. The number of anilines is 2. The average Bonchev–Trinajstić information content (AvgIpc) is 3.02. The highest BCUT2D eigenvalue weighted by Gasteiger charge is 2.08. The van der Waals surface area contributed by atoms with E-state index in [9.17, 15) is 0 Å². The predicted molar refractivity (Wildman–Crippen MR) is 185 cm³/mol. The van der Waals surface area contributed by atoms with Crippen molar-refractivity contribution in [3.63, 3.8) is 0 Å². The summed E-state index contributed by atoms with van der Waals surface area (Å²) in [6, 6.07) is 41.9. The molecule has 0 saturated heterocycles. The summed E-state index contributed by atoms with van der Waals surface area (Å²) >= 11 is 0. The Morgan fingerprint density at radius 2 is 0.744 bits per heavy atom. The van der Waals surface area contributed by atoms with Gasteiger partial charge in [-0.15, -0.1) is 0 Å². The number of nitrogen functional groups attached to an aromatic ring is 2. The monoisotopic (exact) mass is 566 g/mol. The lowest BCUT2D eigenvalue weighted by atomic mass is 9.92. The second-order valence-corrected chi connectivity index (χ2v) is 12.1. The Hall–Kier alpha value is -4.30. The maximum Gasteiger partial charge on any atom is 0.0314 e. The number of benzene rings is 5. The van der Waals surface area contributed by atoms with Gasteiger partial charge >= 0.3 is 0 Å². The van der Waals surface area contributed by atoms with Crippen LogP contribution in [0.5, 0.6) is 0 Å². The number of hydrogen-bond acceptors (Lipinski definition) is 2. The van der Waals surface area contributed by atoms with E-state index in [0.29, 0.717) is 0 Å². The van der Waals surface area contributed by atoms with Crippen LogP contribution in [0.15, 0.2) is 115 Å². The lowest BCUT2D eigenvalue weighted by Crippen LogP contribution is -2.00. The first-order valence-corrected chi connectivity index (χ1v) is 16.0. The van der Waals surface area contributed by atoms with Crippen LogP contribution in [0, 0.1) is 0 Å². The first-order chi connectivity index (χ1) is 21.0. The molecule has 2 heteroatoms. The zero-order chi connectivity index (χ0) is 29.9. The minimum Gasteiger partial charge on any atom is -0.399 e. The largest absolute Gasteiger partial charge is 0.399 e. The molecule has 0 aliphatic rings. The van der Waals surface area contributed by atoms with Crippen LogP contribution in [0.25, 0.3) is 0 Å². The third-order valence-electron chi connectivity index (χ3n) is 8.45. The van der Waals surface area contributed by atoms with Gasteiger partial charge in [0.1, 0.15) is 0 Å². The van der Waals surface area contributed by atoms with Gasteiger partial charge in [0.05, 0.1) is 0 Å². The van der Waals surface area contributed by atoms with E-state index >= 15 is 0 Å². The molecule has 0 aliphatic heterocycles. The molecule has 0 bridgehead atoms. The van der Waals surface area contributed by atoms with Crippen LogP contribution in [0.2, 0.25) is 0 Å². The summed E-state index contributed by atoms with van der Waals surface area (Å²) in [5.74, 6) is 0. The van der Waals surface area contributed by atoms with Gasteiger partial charge in [-0.3, -0.25) is 0 Å². The van der Waals surface area contributed by atoms with Gasteiger partial charge in [-0.2, -0.15) is 0 Å². The second-order valence-electron chi connectivity index (χ2n) is 12.1. The van der Waals surface area contributed by atoms with Crippen molar-refractivity contribution >= 4 is 11.4 Å². The summed E-state index contributed by atoms with van der Waals surface area (Å²) in [6.45, 7) is 2.28. The highest BCUT2D eigenvalue weighted by Crippen LogP contribution is 2.23. The molecule has 0 fully saturated rings. The van der Waals surface area contributed by atoms with E-state index in [1.165, 1.54) is 82.2 Å². The van der Waals surface area contributed by atoms with Gasteiger partial charge in [0.2, 0.25) is 0 Å². The first kappa shape index (κ1) is 30.2. The third-order valence-corrected chi connectivity index (χ3v) is 8.45. The summed E-state index contributed by atoms with van der Waals surface area (Å²) in [6.07, 6.45) is 11.5. The van der Waals surface area contributed by atoms with E-state index in [1.807, 2.05) is 24.3 Å². The number of aryl methyl sites for hydroxylation is 1. The summed E-state index contributed by atoms with van der Waals surface area (Å²) in [7, 11) is 0. The maximum atomic E-state index is 5.93. The van der Waals surface area contributed by atoms with Gasteiger partial charge < -0.3 is 11.5 Å². The van der Waals surface area contributed by atoms with E-state index in [2.05, 4.69) is 97.9 Å². The van der Waals surface area contributed by atoms with Crippen molar-refractivity contribution in [3.8, 4) is 0 Å². The van der Waals surface area contributed by atoms with E-state index in [-0.39, 0.29) is 0 Å². The van der Waals surface area contributed by atoms with Gasteiger partial charge in [0, 0.05) is 11.4 Å². The third kappa shape index (κ3) is 9.35. The molecule has 0 unspecified atom stereocenters. The molecule has 0 spiro atoms. The Morgan fingerprint density at radius 1 is 0.372 bits per heavy atom. The van der Waals surface area contributed by atoms with E-state index in [4.69, 9.17) is 11.5 Å². The van der Waals surface area contributed by atoms with E-state index < -0.39 is 0 Å². The maximum absolute atomic E-state index is 5.93. The molecular weight excluding hydrogens is 520 g/mol. The van der Waals surface area contributed by atoms with Crippen molar-refractivity contribution in [2.45, 2.75) is 71.1 Å². The molecule has 2 nitrogen and oxygen atoms in total. The van der Waals surface area contributed by atoms with E-state index in [0.717, 1.165) is 43.5 Å². The number of rotatable bonds is 14. The van der Waals surface area contributed by atoms with Gasteiger partial charge in [-0.1, -0.05) is 124 Å². The Kier molecular flexibility index (Phi) is 10.7. The molecule has 0 atom stereocenters. The van der Waals surface area contributed by atoms with Crippen LogP contribution in [0.1, 0.15) is 89.1 Å². The first-order valence-electron chi connectivity index (χ1n) is 16.0. The molecule has 5 aromatic carbocycles. The fraction of sp³-hybridized carbons (Fsp3) is 0.268. The van der Waals surface area contributed by atoms with Gasteiger partial charge in [0.15, 0.2) is 0 Å². The van der Waals surface area contributed by atoms with Crippen LogP contribution >= 0.6 is 0 Å². The lowest BCUT2D eigenvalue weighted by Gasteiger charge is -2.13. The summed E-state index contributed by atoms with van der Waals surface area (Å²) < 4.78 is 0. The number of unbranched alkanes of at least 4 members (excludes halogenated alkanes) is 4. The molecule has 0 aromatic heterocycles. The van der Waals surface area contributed by atoms with Crippen LogP contribution in [-0.4, -0.2) is 0 Å². The normalized spacial score (nSPS) is 11.1. The van der Waals surface area contributed by atoms with Crippen LogP contribution in [0.4, 0.5) is 11.4 Å². The van der Waals surface area contributed by atoms with Crippen molar-refractivity contribution < 1.29 is 0 Å². The molecule has 220 valence electrons. The summed E-state index contributed by atoms with van der Waals surface area (Å²) in [5.41, 5.74) is 25.7. The molecule has 0 amide bonds. The average molecular weight is 567 g/mol. The quantitative estimate of drug-likeness (QED) is 0.104. The topological polar surface area (TPSA) is 52.0 Å².